The van der Waals surface area contributed by atoms with Crippen LogP contribution in [0.5, 0.6) is 11.5 Å². The van der Waals surface area contributed by atoms with Gasteiger partial charge in [-0.25, -0.2) is 0 Å². The summed E-state index contributed by atoms with van der Waals surface area (Å²) in [7, 11) is 1.48. The summed E-state index contributed by atoms with van der Waals surface area (Å²) < 4.78 is 5.09. The Morgan fingerprint density at radius 3 is 2.65 bits per heavy atom. The molecule has 1 aromatic carbocycles. The largest absolute Gasteiger partial charge is 0.504 e. The Morgan fingerprint density at radius 2 is 2.24 bits per heavy atom. The molecule has 1 fully saturated rings. The first kappa shape index (κ1) is 11.7. The van der Waals surface area contributed by atoms with E-state index in [4.69, 9.17) is 15.7 Å². The van der Waals surface area contributed by atoms with Crippen molar-refractivity contribution in [3.05, 3.63) is 23.3 Å². The van der Waals surface area contributed by atoms with Crippen LogP contribution in [0, 0.1) is 11.3 Å². The van der Waals surface area contributed by atoms with Crippen molar-refractivity contribution in [1.82, 2.24) is 0 Å². The van der Waals surface area contributed by atoms with Crippen LogP contribution in [0.25, 0.3) is 0 Å². The Morgan fingerprint density at radius 1 is 1.53 bits per heavy atom. The van der Waals surface area contributed by atoms with E-state index in [0.717, 1.165) is 24.8 Å². The van der Waals surface area contributed by atoms with E-state index < -0.39 is 0 Å². The highest BCUT2D eigenvalue weighted by Gasteiger charge is 2.40. The van der Waals surface area contributed by atoms with Crippen LogP contribution in [0.1, 0.15) is 30.4 Å². The minimum atomic E-state index is -0.176. The van der Waals surface area contributed by atoms with E-state index in [0.29, 0.717) is 17.9 Å². The summed E-state index contributed by atoms with van der Waals surface area (Å²) in [5.74, 6) is 0.468. The number of nitrogens with two attached hydrogens (primary N) is 1. The summed E-state index contributed by atoms with van der Waals surface area (Å²) >= 11 is 0. The molecule has 17 heavy (non-hydrogen) atoms. The SMILES string of the molecule is COc1cc(C#N)cc(C2(CN)CCC2)c1O. The van der Waals surface area contributed by atoms with E-state index in [1.807, 2.05) is 0 Å². The summed E-state index contributed by atoms with van der Waals surface area (Å²) in [5, 5.41) is 19.1. The third-order valence-corrected chi connectivity index (χ3v) is 3.70. The lowest BCUT2D eigenvalue weighted by Gasteiger charge is -2.42. The number of benzene rings is 1. The molecule has 0 bridgehead atoms. The van der Waals surface area contributed by atoms with Crippen LogP contribution in [0.2, 0.25) is 0 Å². The van der Waals surface area contributed by atoms with Crippen molar-refractivity contribution in [1.29, 1.82) is 5.26 Å². The molecule has 0 heterocycles. The van der Waals surface area contributed by atoms with Gasteiger partial charge in [0.25, 0.3) is 0 Å². The highest BCUT2D eigenvalue weighted by atomic mass is 16.5. The standard InChI is InChI=1S/C13H16N2O2/c1-17-11-6-9(7-14)5-10(12(11)16)13(8-15)3-2-4-13/h5-6,16H,2-4,8,15H2,1H3. The maximum Gasteiger partial charge on any atom is 0.162 e. The van der Waals surface area contributed by atoms with E-state index in [9.17, 15) is 5.11 Å². The van der Waals surface area contributed by atoms with Gasteiger partial charge in [-0.15, -0.1) is 0 Å². The topological polar surface area (TPSA) is 79.3 Å². The molecule has 0 radical (unpaired) electrons. The van der Waals surface area contributed by atoms with Crippen molar-refractivity contribution < 1.29 is 9.84 Å². The molecule has 4 nitrogen and oxygen atoms in total. The van der Waals surface area contributed by atoms with Crippen LogP contribution in [0.4, 0.5) is 0 Å². The van der Waals surface area contributed by atoms with E-state index in [1.165, 1.54) is 7.11 Å². The quantitative estimate of drug-likeness (QED) is 0.830. The van der Waals surface area contributed by atoms with Gasteiger partial charge in [0.05, 0.1) is 18.7 Å². The average molecular weight is 232 g/mol. The summed E-state index contributed by atoms with van der Waals surface area (Å²) in [4.78, 5) is 0. The van der Waals surface area contributed by atoms with Crippen molar-refractivity contribution in [2.24, 2.45) is 5.73 Å². The lowest BCUT2D eigenvalue weighted by Crippen LogP contribution is -2.41. The zero-order chi connectivity index (χ0) is 12.5. The molecule has 0 aliphatic heterocycles. The summed E-state index contributed by atoms with van der Waals surface area (Å²) in [6, 6.07) is 5.35. The van der Waals surface area contributed by atoms with Crippen LogP contribution in [-0.2, 0) is 5.41 Å². The van der Waals surface area contributed by atoms with Crippen LogP contribution < -0.4 is 10.5 Å². The van der Waals surface area contributed by atoms with Gasteiger partial charge < -0.3 is 15.6 Å². The molecule has 90 valence electrons. The average Bonchev–Trinajstić information content (AvgIpc) is 2.30. The third kappa shape index (κ3) is 1.73. The number of phenolic OH excluding ortho intramolecular Hbond substituents is 1. The molecule has 1 aliphatic rings. The van der Waals surface area contributed by atoms with Gasteiger partial charge in [0.15, 0.2) is 11.5 Å². The molecule has 4 heteroatoms. The fraction of sp³-hybridized carbons (Fsp3) is 0.462. The van der Waals surface area contributed by atoms with Crippen molar-refractivity contribution in [2.45, 2.75) is 24.7 Å². The Kier molecular flexibility index (Phi) is 2.95. The van der Waals surface area contributed by atoms with Crippen LogP contribution in [-0.4, -0.2) is 18.8 Å². The second-order valence-corrected chi connectivity index (χ2v) is 4.52. The first-order valence-corrected chi connectivity index (χ1v) is 5.68. The first-order chi connectivity index (χ1) is 8.16. The third-order valence-electron chi connectivity index (χ3n) is 3.70. The van der Waals surface area contributed by atoms with Gasteiger partial charge in [0, 0.05) is 23.6 Å². The number of rotatable bonds is 3. The number of nitrogens with zero attached hydrogens (tertiary/aromatic N) is 1. The molecule has 0 unspecified atom stereocenters. The maximum atomic E-state index is 10.2. The molecule has 0 atom stereocenters. The Hall–Kier alpha value is -1.73. The highest BCUT2D eigenvalue weighted by molar-refractivity contribution is 5.55. The summed E-state index contributed by atoms with van der Waals surface area (Å²) in [6.07, 6.45) is 3.01. The predicted molar refractivity (Wildman–Crippen MR) is 64.0 cm³/mol. The molecule has 1 aliphatic carbocycles. The molecule has 1 saturated carbocycles. The van der Waals surface area contributed by atoms with Crippen molar-refractivity contribution in [3.8, 4) is 17.6 Å². The van der Waals surface area contributed by atoms with Crippen LogP contribution in [0.15, 0.2) is 12.1 Å². The molecule has 0 aromatic heterocycles. The second-order valence-electron chi connectivity index (χ2n) is 4.52. The van der Waals surface area contributed by atoms with E-state index >= 15 is 0 Å². The monoisotopic (exact) mass is 232 g/mol. The normalized spacial score (nSPS) is 17.0. The number of hydrogen-bond acceptors (Lipinski definition) is 4. The number of methoxy groups -OCH3 is 1. The van der Waals surface area contributed by atoms with Gasteiger partial charge in [-0.05, 0) is 18.9 Å². The zero-order valence-electron chi connectivity index (χ0n) is 9.86. The molecule has 0 spiro atoms. The fourth-order valence-electron chi connectivity index (χ4n) is 2.42. The van der Waals surface area contributed by atoms with Gasteiger partial charge >= 0.3 is 0 Å². The number of ether oxygens (including phenoxy) is 1. The van der Waals surface area contributed by atoms with Crippen molar-refractivity contribution in [3.63, 3.8) is 0 Å². The van der Waals surface area contributed by atoms with Gasteiger partial charge in [0.1, 0.15) is 0 Å². The zero-order valence-corrected chi connectivity index (χ0v) is 9.86. The summed E-state index contributed by atoms with van der Waals surface area (Å²) in [6.45, 7) is 0.485. The van der Waals surface area contributed by atoms with E-state index in [1.54, 1.807) is 12.1 Å². The lowest BCUT2D eigenvalue weighted by atomic mass is 9.64. The van der Waals surface area contributed by atoms with Gasteiger partial charge in [-0.1, -0.05) is 6.42 Å². The van der Waals surface area contributed by atoms with Gasteiger partial charge in [-0.2, -0.15) is 5.26 Å². The van der Waals surface area contributed by atoms with Gasteiger partial charge in [0.2, 0.25) is 0 Å². The minimum absolute atomic E-state index is 0.122. The summed E-state index contributed by atoms with van der Waals surface area (Å²) in [5.41, 5.74) is 6.89. The van der Waals surface area contributed by atoms with E-state index in [2.05, 4.69) is 6.07 Å². The highest BCUT2D eigenvalue weighted by Crippen LogP contribution is 2.48. The minimum Gasteiger partial charge on any atom is -0.504 e. The Labute approximate surface area is 101 Å². The molecule has 3 N–H and O–H groups in total. The second kappa shape index (κ2) is 4.27. The molecular weight excluding hydrogens is 216 g/mol. The molecule has 2 rings (SSSR count). The number of nitriles is 1. The smallest absolute Gasteiger partial charge is 0.162 e. The van der Waals surface area contributed by atoms with Crippen LogP contribution in [0.3, 0.4) is 0 Å². The predicted octanol–water partition coefficient (Wildman–Crippen LogP) is 1.65. The Balaban J connectivity index is 2.56. The molecule has 1 aromatic rings. The Bertz CT molecular complexity index is 468. The number of phenols is 1. The van der Waals surface area contributed by atoms with Crippen molar-refractivity contribution >= 4 is 0 Å². The van der Waals surface area contributed by atoms with E-state index in [-0.39, 0.29) is 11.2 Å². The van der Waals surface area contributed by atoms with Gasteiger partial charge in [-0.3, -0.25) is 0 Å². The molecule has 0 amide bonds. The number of hydrogen-bond donors (Lipinski definition) is 2. The maximum absolute atomic E-state index is 10.2. The first-order valence-electron chi connectivity index (χ1n) is 5.68. The lowest BCUT2D eigenvalue weighted by molar-refractivity contribution is 0.242. The van der Waals surface area contributed by atoms with Crippen molar-refractivity contribution in [2.75, 3.05) is 13.7 Å². The molecular formula is C13H16N2O2. The number of aromatic hydroxyl groups is 1. The fourth-order valence-corrected chi connectivity index (χ4v) is 2.42. The van der Waals surface area contributed by atoms with Crippen LogP contribution >= 0.6 is 0 Å². The molecule has 0 saturated heterocycles.